The van der Waals surface area contributed by atoms with Crippen LogP contribution in [0.5, 0.6) is 0 Å². The van der Waals surface area contributed by atoms with E-state index in [1.165, 1.54) is 6.92 Å². The normalized spacial score (nSPS) is 16.6. The van der Waals surface area contributed by atoms with Crippen molar-refractivity contribution in [2.24, 2.45) is 11.7 Å². The summed E-state index contributed by atoms with van der Waals surface area (Å²) >= 11 is 3.93. The van der Waals surface area contributed by atoms with Crippen LogP contribution in [0.25, 0.3) is 0 Å². The Morgan fingerprint density at radius 2 is 1.44 bits per heavy atom. The molecule has 0 aromatic heterocycles. The highest BCUT2D eigenvalue weighted by atomic mass is 32.1. The number of carboxylic acid groups (broad SMARTS) is 1. The van der Waals surface area contributed by atoms with E-state index in [1.807, 2.05) is 0 Å². The fourth-order valence-electron chi connectivity index (χ4n) is 1.87. The maximum atomic E-state index is 12.2. The summed E-state index contributed by atoms with van der Waals surface area (Å²) in [4.78, 5) is 47.3. The number of carbonyl (C=O) groups excluding carboxylic acids is 3. The van der Waals surface area contributed by atoms with Crippen molar-refractivity contribution in [1.82, 2.24) is 16.0 Å². The number of nitrogens with two attached hydrogens (primary N) is 1. The molecule has 12 heteroatoms. The fourth-order valence-corrected chi connectivity index (χ4v) is 2.13. The molecule has 11 nitrogen and oxygen atoms in total. The van der Waals surface area contributed by atoms with Crippen LogP contribution in [0.3, 0.4) is 0 Å². The lowest BCUT2D eigenvalue weighted by molar-refractivity contribution is -0.145. The zero-order valence-corrected chi connectivity index (χ0v) is 16.3. The van der Waals surface area contributed by atoms with Gasteiger partial charge in [-0.05, 0) is 12.8 Å². The van der Waals surface area contributed by atoms with Gasteiger partial charge in [-0.3, -0.25) is 14.4 Å². The Morgan fingerprint density at radius 3 is 1.81 bits per heavy atom. The number of carboxylic acids is 1. The Morgan fingerprint density at radius 1 is 0.963 bits per heavy atom. The van der Waals surface area contributed by atoms with Gasteiger partial charge in [-0.15, -0.1) is 0 Å². The van der Waals surface area contributed by atoms with E-state index in [9.17, 15) is 29.4 Å². The first kappa shape index (κ1) is 25.1. The van der Waals surface area contributed by atoms with Crippen molar-refractivity contribution >= 4 is 36.3 Å². The summed E-state index contributed by atoms with van der Waals surface area (Å²) in [5.74, 6) is -4.26. The summed E-state index contributed by atoms with van der Waals surface area (Å²) < 4.78 is 0. The number of aliphatic hydroxyl groups is 2. The molecule has 0 spiro atoms. The van der Waals surface area contributed by atoms with Crippen LogP contribution in [0, 0.1) is 5.92 Å². The van der Waals surface area contributed by atoms with Crippen molar-refractivity contribution in [3.8, 4) is 0 Å². The summed E-state index contributed by atoms with van der Waals surface area (Å²) in [6.45, 7) is 3.86. The molecule has 5 atom stereocenters. The molecule has 0 aromatic rings. The molecule has 0 aliphatic heterocycles. The molecule has 0 bridgehead atoms. The predicted octanol–water partition coefficient (Wildman–Crippen LogP) is -3.19. The van der Waals surface area contributed by atoms with Gasteiger partial charge < -0.3 is 37.0 Å². The Labute approximate surface area is 162 Å². The molecule has 0 radical (unpaired) electrons. The number of carbonyl (C=O) groups is 4. The summed E-state index contributed by atoms with van der Waals surface area (Å²) in [5.41, 5.74) is 5.67. The molecule has 5 unspecified atom stereocenters. The van der Waals surface area contributed by atoms with Crippen molar-refractivity contribution < 1.29 is 34.5 Å². The number of aliphatic hydroxyl groups excluding tert-OH is 2. The lowest BCUT2D eigenvalue weighted by Crippen LogP contribution is -2.59. The van der Waals surface area contributed by atoms with Crippen LogP contribution < -0.4 is 21.7 Å². The van der Waals surface area contributed by atoms with Gasteiger partial charge in [-0.1, -0.05) is 13.8 Å². The molecule has 0 rings (SSSR count). The summed E-state index contributed by atoms with van der Waals surface area (Å²) in [6, 6.07) is -5.08. The SMILES string of the molecule is CC(C)C(N)C(=O)NC(CO)C(=O)NC(CS)C(=O)NC(C(=O)O)C(C)O. The first-order valence-electron chi connectivity index (χ1n) is 8.25. The van der Waals surface area contributed by atoms with Gasteiger partial charge in [-0.25, -0.2) is 4.79 Å². The van der Waals surface area contributed by atoms with Crippen molar-refractivity contribution in [3.05, 3.63) is 0 Å². The molecule has 0 aromatic carbocycles. The molecule has 0 saturated carbocycles. The molecule has 0 heterocycles. The molecule has 0 aliphatic rings. The highest BCUT2D eigenvalue weighted by Gasteiger charge is 2.31. The predicted molar refractivity (Wildman–Crippen MR) is 98.9 cm³/mol. The molecule has 3 amide bonds. The number of nitrogens with one attached hydrogen (secondary N) is 3. The van der Waals surface area contributed by atoms with Crippen LogP contribution in [0.4, 0.5) is 0 Å². The molecule has 156 valence electrons. The summed E-state index contributed by atoms with van der Waals surface area (Å²) in [6.07, 6.45) is -1.37. The van der Waals surface area contributed by atoms with Crippen molar-refractivity contribution in [1.29, 1.82) is 0 Å². The largest absolute Gasteiger partial charge is 0.480 e. The average Bonchev–Trinajstić information content (AvgIpc) is 2.59. The van der Waals surface area contributed by atoms with Gasteiger partial charge in [0.2, 0.25) is 17.7 Å². The van der Waals surface area contributed by atoms with Gasteiger partial charge in [0.15, 0.2) is 6.04 Å². The van der Waals surface area contributed by atoms with Gasteiger partial charge in [0.25, 0.3) is 0 Å². The van der Waals surface area contributed by atoms with E-state index in [2.05, 4.69) is 28.6 Å². The van der Waals surface area contributed by atoms with E-state index in [0.717, 1.165) is 0 Å². The number of hydrogen-bond acceptors (Lipinski definition) is 8. The van der Waals surface area contributed by atoms with Crippen LogP contribution in [0.15, 0.2) is 0 Å². The number of thiol groups is 1. The molecule has 0 saturated heterocycles. The van der Waals surface area contributed by atoms with Crippen molar-refractivity contribution in [2.45, 2.75) is 51.0 Å². The van der Waals surface area contributed by atoms with E-state index < -0.39 is 60.6 Å². The Bertz CT molecular complexity index is 544. The van der Waals surface area contributed by atoms with Gasteiger partial charge >= 0.3 is 5.97 Å². The van der Waals surface area contributed by atoms with Crippen molar-refractivity contribution in [3.63, 3.8) is 0 Å². The number of amides is 3. The van der Waals surface area contributed by atoms with Crippen LogP contribution >= 0.6 is 12.6 Å². The first-order valence-corrected chi connectivity index (χ1v) is 8.88. The second-order valence-electron chi connectivity index (χ2n) is 6.32. The van der Waals surface area contributed by atoms with Gasteiger partial charge in [0, 0.05) is 5.75 Å². The van der Waals surface area contributed by atoms with Crippen LogP contribution in [0.2, 0.25) is 0 Å². The fraction of sp³-hybridized carbons (Fsp3) is 0.733. The third kappa shape index (κ3) is 8.12. The second kappa shape index (κ2) is 11.7. The first-order chi connectivity index (χ1) is 12.5. The van der Waals surface area contributed by atoms with Crippen LogP contribution in [-0.2, 0) is 19.2 Å². The quantitative estimate of drug-likeness (QED) is 0.164. The summed E-state index contributed by atoms with van der Waals surface area (Å²) in [5, 5.41) is 34.3. The highest BCUT2D eigenvalue weighted by molar-refractivity contribution is 7.80. The third-order valence-electron chi connectivity index (χ3n) is 3.70. The highest BCUT2D eigenvalue weighted by Crippen LogP contribution is 2.00. The molecule has 0 fully saturated rings. The topological polar surface area (TPSA) is 191 Å². The number of aliphatic carboxylic acids is 1. The van der Waals surface area contributed by atoms with E-state index in [-0.39, 0.29) is 11.7 Å². The summed E-state index contributed by atoms with van der Waals surface area (Å²) in [7, 11) is 0. The molecular formula is C15H28N4O7S. The second-order valence-corrected chi connectivity index (χ2v) is 6.69. The lowest BCUT2D eigenvalue weighted by atomic mass is 10.0. The zero-order valence-electron chi connectivity index (χ0n) is 15.4. The molecule has 8 N–H and O–H groups in total. The van der Waals surface area contributed by atoms with E-state index >= 15 is 0 Å². The zero-order chi connectivity index (χ0) is 21.3. The average molecular weight is 408 g/mol. The van der Waals surface area contributed by atoms with Crippen LogP contribution in [-0.4, -0.2) is 81.6 Å². The van der Waals surface area contributed by atoms with E-state index in [4.69, 9.17) is 10.8 Å². The molecular weight excluding hydrogens is 380 g/mol. The van der Waals surface area contributed by atoms with E-state index in [0.29, 0.717) is 0 Å². The molecule has 27 heavy (non-hydrogen) atoms. The number of rotatable bonds is 11. The Kier molecular flexibility index (Phi) is 10.9. The standard InChI is InChI=1S/C15H28N4O7S/c1-6(2)10(16)14(24)17-8(4-20)12(22)18-9(5-27)13(23)19-11(7(3)21)15(25)26/h6-11,20-21,27H,4-5,16H2,1-3H3,(H,17,24)(H,18,22)(H,19,23)(H,25,26). The van der Waals surface area contributed by atoms with Crippen molar-refractivity contribution in [2.75, 3.05) is 12.4 Å². The van der Waals surface area contributed by atoms with Gasteiger partial charge in [0.1, 0.15) is 12.1 Å². The minimum Gasteiger partial charge on any atom is -0.480 e. The minimum atomic E-state index is -1.57. The minimum absolute atomic E-state index is 0.193. The van der Waals surface area contributed by atoms with Gasteiger partial charge in [-0.2, -0.15) is 12.6 Å². The Hall–Kier alpha value is -1.89. The van der Waals surface area contributed by atoms with Gasteiger partial charge in [0.05, 0.1) is 18.8 Å². The maximum absolute atomic E-state index is 12.2. The molecule has 0 aliphatic carbocycles. The smallest absolute Gasteiger partial charge is 0.328 e. The lowest BCUT2D eigenvalue weighted by Gasteiger charge is -2.24. The van der Waals surface area contributed by atoms with E-state index in [1.54, 1.807) is 13.8 Å². The van der Waals surface area contributed by atoms with Crippen LogP contribution in [0.1, 0.15) is 20.8 Å². The Balaban J connectivity index is 5.00. The third-order valence-corrected chi connectivity index (χ3v) is 4.06. The maximum Gasteiger partial charge on any atom is 0.328 e. The number of hydrogen-bond donors (Lipinski definition) is 8. The monoisotopic (exact) mass is 408 g/mol.